The number of hydrogen-bond donors (Lipinski definition) is 2. The van der Waals surface area contributed by atoms with Crippen LogP contribution in [0.3, 0.4) is 0 Å². The fourth-order valence-corrected chi connectivity index (χ4v) is 1.87. The van der Waals surface area contributed by atoms with E-state index in [9.17, 15) is 5.11 Å². The largest absolute Gasteiger partial charge is 0.497 e. The van der Waals surface area contributed by atoms with Gasteiger partial charge in [0.2, 0.25) is 0 Å². The minimum atomic E-state index is -0.396. The number of β-amino-alcohol motifs (C(OH)–C–C–N with tert-alkyl or cyclic N) is 1. The number of aliphatic hydroxyl groups excluding tert-OH is 1. The first kappa shape index (κ1) is 9.49. The number of rotatable bonds is 1. The molecule has 0 radical (unpaired) electrons. The molecule has 1 aromatic rings. The summed E-state index contributed by atoms with van der Waals surface area (Å²) in [6.45, 7) is 2.71. The van der Waals surface area contributed by atoms with Crippen LogP contribution in [-0.4, -0.2) is 18.8 Å². The molecule has 2 N–H and O–H groups in total. The molecule has 0 saturated carbocycles. The second-order valence-corrected chi connectivity index (χ2v) is 3.64. The standard InChI is InChI=1S/C11H15NO2/c1-7-10-5-8(14-2)3-4-9(10)11(13)6-12-7/h3-5,7,11-13H,6H2,1-2H3/t7-,11+/m0/s1. The minimum Gasteiger partial charge on any atom is -0.497 e. The van der Waals surface area contributed by atoms with Crippen LogP contribution < -0.4 is 10.1 Å². The average molecular weight is 193 g/mol. The van der Waals surface area contributed by atoms with Gasteiger partial charge in [-0.15, -0.1) is 0 Å². The zero-order valence-corrected chi connectivity index (χ0v) is 8.45. The van der Waals surface area contributed by atoms with Crippen LogP contribution in [0.4, 0.5) is 0 Å². The Morgan fingerprint density at radius 3 is 2.93 bits per heavy atom. The normalized spacial score (nSPS) is 25.6. The number of hydrogen-bond acceptors (Lipinski definition) is 3. The molecular weight excluding hydrogens is 178 g/mol. The van der Waals surface area contributed by atoms with Crippen LogP contribution in [0.5, 0.6) is 5.75 Å². The maximum Gasteiger partial charge on any atom is 0.119 e. The van der Waals surface area contributed by atoms with Gasteiger partial charge in [0, 0.05) is 12.6 Å². The van der Waals surface area contributed by atoms with E-state index in [4.69, 9.17) is 4.74 Å². The minimum absolute atomic E-state index is 0.281. The van der Waals surface area contributed by atoms with Crippen LogP contribution in [0.2, 0.25) is 0 Å². The number of ether oxygens (including phenoxy) is 1. The van der Waals surface area contributed by atoms with E-state index in [2.05, 4.69) is 12.2 Å². The summed E-state index contributed by atoms with van der Waals surface area (Å²) < 4.78 is 5.15. The van der Waals surface area contributed by atoms with Gasteiger partial charge in [-0.1, -0.05) is 6.07 Å². The molecule has 0 fully saturated rings. The van der Waals surface area contributed by atoms with E-state index in [0.29, 0.717) is 6.54 Å². The van der Waals surface area contributed by atoms with E-state index in [1.807, 2.05) is 18.2 Å². The van der Waals surface area contributed by atoms with Crippen molar-refractivity contribution in [3.63, 3.8) is 0 Å². The van der Waals surface area contributed by atoms with Crippen molar-refractivity contribution in [3.05, 3.63) is 29.3 Å². The van der Waals surface area contributed by atoms with Crippen LogP contribution in [0, 0.1) is 0 Å². The highest BCUT2D eigenvalue weighted by molar-refractivity contribution is 5.40. The number of benzene rings is 1. The first-order chi connectivity index (χ1) is 6.72. The van der Waals surface area contributed by atoms with Crippen molar-refractivity contribution in [2.24, 2.45) is 0 Å². The van der Waals surface area contributed by atoms with E-state index < -0.39 is 6.10 Å². The average Bonchev–Trinajstić information content (AvgIpc) is 2.23. The van der Waals surface area contributed by atoms with Crippen molar-refractivity contribution >= 4 is 0 Å². The van der Waals surface area contributed by atoms with Crippen molar-refractivity contribution in [2.75, 3.05) is 13.7 Å². The van der Waals surface area contributed by atoms with Crippen molar-refractivity contribution in [2.45, 2.75) is 19.1 Å². The van der Waals surface area contributed by atoms with Crippen LogP contribution in [0.1, 0.15) is 30.2 Å². The molecule has 2 atom stereocenters. The third-order valence-electron chi connectivity index (χ3n) is 2.74. The van der Waals surface area contributed by atoms with E-state index >= 15 is 0 Å². The van der Waals surface area contributed by atoms with Gasteiger partial charge in [0.05, 0.1) is 13.2 Å². The van der Waals surface area contributed by atoms with Gasteiger partial charge in [0.15, 0.2) is 0 Å². The molecule has 1 aliphatic heterocycles. The first-order valence-corrected chi connectivity index (χ1v) is 4.81. The summed E-state index contributed by atoms with van der Waals surface area (Å²) in [5.74, 6) is 0.839. The molecule has 0 saturated heterocycles. The first-order valence-electron chi connectivity index (χ1n) is 4.81. The lowest BCUT2D eigenvalue weighted by Crippen LogP contribution is -2.31. The van der Waals surface area contributed by atoms with Crippen molar-refractivity contribution in [1.29, 1.82) is 0 Å². The summed E-state index contributed by atoms with van der Waals surface area (Å²) in [5, 5.41) is 13.0. The van der Waals surface area contributed by atoms with E-state index in [0.717, 1.165) is 16.9 Å². The van der Waals surface area contributed by atoms with Crippen molar-refractivity contribution in [3.8, 4) is 5.75 Å². The number of methoxy groups -OCH3 is 1. The lowest BCUT2D eigenvalue weighted by Gasteiger charge is -2.28. The molecule has 0 amide bonds. The topological polar surface area (TPSA) is 41.5 Å². The smallest absolute Gasteiger partial charge is 0.119 e. The number of aliphatic hydroxyl groups is 1. The van der Waals surface area contributed by atoms with Gasteiger partial charge in [-0.05, 0) is 30.2 Å². The highest BCUT2D eigenvalue weighted by Crippen LogP contribution is 2.31. The summed E-state index contributed by atoms with van der Waals surface area (Å²) in [6, 6.07) is 6.09. The molecule has 1 heterocycles. The second-order valence-electron chi connectivity index (χ2n) is 3.64. The summed E-state index contributed by atoms with van der Waals surface area (Å²) in [4.78, 5) is 0. The maximum atomic E-state index is 9.74. The Kier molecular flexibility index (Phi) is 2.44. The Morgan fingerprint density at radius 1 is 1.43 bits per heavy atom. The van der Waals surface area contributed by atoms with Gasteiger partial charge in [-0.25, -0.2) is 0 Å². The van der Waals surface area contributed by atoms with Gasteiger partial charge >= 0.3 is 0 Å². The molecule has 14 heavy (non-hydrogen) atoms. The maximum absolute atomic E-state index is 9.74. The van der Waals surface area contributed by atoms with Crippen LogP contribution in [0.25, 0.3) is 0 Å². The lowest BCUT2D eigenvalue weighted by atomic mass is 9.93. The Morgan fingerprint density at radius 2 is 2.21 bits per heavy atom. The quantitative estimate of drug-likeness (QED) is 0.708. The van der Waals surface area contributed by atoms with E-state index in [-0.39, 0.29) is 6.04 Å². The Hall–Kier alpha value is -1.06. The lowest BCUT2D eigenvalue weighted by molar-refractivity contribution is 0.158. The van der Waals surface area contributed by atoms with Gasteiger partial charge in [0.1, 0.15) is 5.75 Å². The zero-order valence-electron chi connectivity index (χ0n) is 8.45. The van der Waals surface area contributed by atoms with Gasteiger partial charge in [-0.3, -0.25) is 0 Å². The molecule has 3 heteroatoms. The SMILES string of the molecule is COc1ccc2c(c1)[C@H](C)NC[C@H]2O. The fourth-order valence-electron chi connectivity index (χ4n) is 1.87. The molecule has 0 spiro atoms. The third-order valence-corrected chi connectivity index (χ3v) is 2.74. The highest BCUT2D eigenvalue weighted by Gasteiger charge is 2.22. The molecular formula is C11H15NO2. The van der Waals surface area contributed by atoms with Crippen LogP contribution in [-0.2, 0) is 0 Å². The summed E-state index contributed by atoms with van der Waals surface area (Å²) in [7, 11) is 1.65. The predicted octanol–water partition coefficient (Wildman–Crippen LogP) is 1.39. The predicted molar refractivity (Wildman–Crippen MR) is 54.4 cm³/mol. The fraction of sp³-hybridized carbons (Fsp3) is 0.455. The number of fused-ring (bicyclic) bond motifs is 1. The van der Waals surface area contributed by atoms with Gasteiger partial charge < -0.3 is 15.2 Å². The molecule has 0 unspecified atom stereocenters. The van der Waals surface area contributed by atoms with Crippen molar-refractivity contribution in [1.82, 2.24) is 5.32 Å². The Balaban J connectivity index is 2.45. The van der Waals surface area contributed by atoms with E-state index in [1.165, 1.54) is 0 Å². The van der Waals surface area contributed by atoms with E-state index in [1.54, 1.807) is 7.11 Å². The Labute approximate surface area is 83.7 Å². The molecule has 3 nitrogen and oxygen atoms in total. The second kappa shape index (κ2) is 3.59. The monoisotopic (exact) mass is 193 g/mol. The zero-order chi connectivity index (χ0) is 10.1. The summed E-state index contributed by atoms with van der Waals surface area (Å²) in [5.41, 5.74) is 2.14. The highest BCUT2D eigenvalue weighted by atomic mass is 16.5. The molecule has 1 aromatic carbocycles. The van der Waals surface area contributed by atoms with Gasteiger partial charge in [-0.2, -0.15) is 0 Å². The molecule has 76 valence electrons. The van der Waals surface area contributed by atoms with Crippen molar-refractivity contribution < 1.29 is 9.84 Å². The van der Waals surface area contributed by atoms with Crippen LogP contribution >= 0.6 is 0 Å². The number of nitrogens with one attached hydrogen (secondary N) is 1. The van der Waals surface area contributed by atoms with Gasteiger partial charge in [0.25, 0.3) is 0 Å². The molecule has 0 aliphatic carbocycles. The third kappa shape index (κ3) is 1.49. The van der Waals surface area contributed by atoms with Crippen LogP contribution in [0.15, 0.2) is 18.2 Å². The molecule has 0 aromatic heterocycles. The summed E-state index contributed by atoms with van der Waals surface area (Å²) in [6.07, 6.45) is -0.396. The molecule has 2 rings (SSSR count). The molecule has 0 bridgehead atoms. The Bertz CT molecular complexity index is 338. The molecule has 1 aliphatic rings. The summed E-state index contributed by atoms with van der Waals surface area (Å²) >= 11 is 0.